The molecule has 0 spiro atoms. The highest BCUT2D eigenvalue weighted by Gasteiger charge is 2.06. The van der Waals surface area contributed by atoms with Crippen LogP contribution in [0, 0.1) is 5.92 Å². The van der Waals surface area contributed by atoms with Crippen molar-refractivity contribution in [2.24, 2.45) is 16.1 Å². The van der Waals surface area contributed by atoms with E-state index < -0.39 is 0 Å². The molecule has 1 aliphatic rings. The second-order valence-electron chi connectivity index (χ2n) is 3.14. The molecule has 2 heteroatoms. The number of rotatable bonds is 1. The summed E-state index contributed by atoms with van der Waals surface area (Å²) in [4.78, 5) is 0. The molecule has 0 aromatic carbocycles. The minimum Gasteiger partial charge on any atom is -0.159 e. The van der Waals surface area contributed by atoms with Crippen LogP contribution in [-0.2, 0) is 0 Å². The molecule has 0 bridgehead atoms. The molecular formula is C10H14N2. The van der Waals surface area contributed by atoms with E-state index in [4.69, 9.17) is 0 Å². The zero-order valence-electron chi connectivity index (χ0n) is 7.78. The molecule has 0 saturated carbocycles. The summed E-state index contributed by atoms with van der Waals surface area (Å²) in [5, 5.41) is 8.05. The van der Waals surface area contributed by atoms with E-state index in [1.54, 1.807) is 6.21 Å². The van der Waals surface area contributed by atoms with Gasteiger partial charge in [-0.1, -0.05) is 26.0 Å². The molecule has 1 heterocycles. The lowest BCUT2D eigenvalue weighted by atomic mass is 10.0. The first-order valence-corrected chi connectivity index (χ1v) is 4.16. The minimum absolute atomic E-state index is 0.435. The fourth-order valence-electron chi connectivity index (χ4n) is 1.12. The molecule has 1 rings (SSSR count). The second kappa shape index (κ2) is 4.00. The van der Waals surface area contributed by atoms with Gasteiger partial charge in [-0.15, -0.1) is 0 Å². The van der Waals surface area contributed by atoms with E-state index in [1.165, 1.54) is 5.57 Å². The highest BCUT2D eigenvalue weighted by atomic mass is 15.2. The lowest BCUT2D eigenvalue weighted by molar-refractivity contribution is 0.873. The van der Waals surface area contributed by atoms with Crippen molar-refractivity contribution in [3.8, 4) is 0 Å². The number of allylic oxidation sites excluding steroid dienone is 4. The Bertz CT molecular complexity index is 268. The molecule has 12 heavy (non-hydrogen) atoms. The third-order valence-corrected chi connectivity index (χ3v) is 1.73. The third kappa shape index (κ3) is 2.16. The van der Waals surface area contributed by atoms with Gasteiger partial charge < -0.3 is 0 Å². The smallest absolute Gasteiger partial charge is 0.0684 e. The quantitative estimate of drug-likeness (QED) is 0.566. The Morgan fingerprint density at radius 1 is 1.25 bits per heavy atom. The summed E-state index contributed by atoms with van der Waals surface area (Å²) in [5.74, 6) is 0.435. The summed E-state index contributed by atoms with van der Waals surface area (Å²) in [7, 11) is 0. The van der Waals surface area contributed by atoms with E-state index in [9.17, 15) is 0 Å². The zero-order chi connectivity index (χ0) is 8.97. The van der Waals surface area contributed by atoms with Crippen LogP contribution < -0.4 is 0 Å². The summed E-state index contributed by atoms with van der Waals surface area (Å²) >= 11 is 0. The van der Waals surface area contributed by atoms with Crippen LogP contribution >= 0.6 is 0 Å². The molecule has 0 amide bonds. The number of hydrogen-bond acceptors (Lipinski definition) is 2. The van der Waals surface area contributed by atoms with Gasteiger partial charge in [0.1, 0.15) is 0 Å². The van der Waals surface area contributed by atoms with Gasteiger partial charge in [0.15, 0.2) is 0 Å². The molecule has 0 fully saturated rings. The molecule has 64 valence electrons. The monoisotopic (exact) mass is 162 g/mol. The SMILES string of the molecule is CC1=C/C=C\C=N\N=C1C(C)C. The molecule has 1 aliphatic heterocycles. The van der Waals surface area contributed by atoms with Gasteiger partial charge in [-0.3, -0.25) is 0 Å². The van der Waals surface area contributed by atoms with Crippen LogP contribution in [0.1, 0.15) is 20.8 Å². The fourth-order valence-corrected chi connectivity index (χ4v) is 1.12. The van der Waals surface area contributed by atoms with Crippen molar-refractivity contribution in [2.75, 3.05) is 0 Å². The highest BCUT2D eigenvalue weighted by molar-refractivity contribution is 6.01. The molecule has 0 aromatic heterocycles. The van der Waals surface area contributed by atoms with Gasteiger partial charge in [-0.2, -0.15) is 10.2 Å². The number of hydrogen-bond donors (Lipinski definition) is 0. The molecule has 0 unspecified atom stereocenters. The fraction of sp³-hybridized carbons (Fsp3) is 0.400. The van der Waals surface area contributed by atoms with Gasteiger partial charge in [-0.05, 0) is 24.5 Å². The predicted molar refractivity (Wildman–Crippen MR) is 53.7 cm³/mol. The topological polar surface area (TPSA) is 24.7 Å². The van der Waals surface area contributed by atoms with E-state index in [-0.39, 0.29) is 0 Å². The van der Waals surface area contributed by atoms with Crippen molar-refractivity contribution in [3.63, 3.8) is 0 Å². The summed E-state index contributed by atoms with van der Waals surface area (Å²) in [6.45, 7) is 6.30. The van der Waals surface area contributed by atoms with Gasteiger partial charge in [0.25, 0.3) is 0 Å². The van der Waals surface area contributed by atoms with Crippen LogP contribution in [0.15, 0.2) is 34.0 Å². The van der Waals surface area contributed by atoms with Crippen LogP contribution in [0.2, 0.25) is 0 Å². The standard InChI is InChI=1S/C10H14N2/c1-8(2)10-9(3)6-4-5-7-11-12-10/h4-8H,1-3H3/b5-4-,6-4?,7-5?,9-6?,10-9?,11-7+,12-10?,12-11?. The normalized spacial score (nSPS) is 22.3. The first-order valence-electron chi connectivity index (χ1n) is 4.16. The van der Waals surface area contributed by atoms with Crippen molar-refractivity contribution in [1.29, 1.82) is 0 Å². The molecule has 0 N–H and O–H groups in total. The van der Waals surface area contributed by atoms with Gasteiger partial charge in [0.05, 0.1) is 5.71 Å². The van der Waals surface area contributed by atoms with Crippen molar-refractivity contribution in [3.05, 3.63) is 23.8 Å². The van der Waals surface area contributed by atoms with Crippen LogP contribution in [0.25, 0.3) is 0 Å². The Morgan fingerprint density at radius 3 is 2.67 bits per heavy atom. The van der Waals surface area contributed by atoms with Gasteiger partial charge >= 0.3 is 0 Å². The second-order valence-corrected chi connectivity index (χ2v) is 3.14. The largest absolute Gasteiger partial charge is 0.159 e. The first-order chi connectivity index (χ1) is 5.72. The third-order valence-electron chi connectivity index (χ3n) is 1.73. The Balaban J connectivity index is 2.95. The predicted octanol–water partition coefficient (Wildman–Crippen LogP) is 2.59. The Kier molecular flexibility index (Phi) is 2.97. The molecule has 2 nitrogen and oxygen atoms in total. The van der Waals surface area contributed by atoms with Crippen LogP contribution in [0.3, 0.4) is 0 Å². The average Bonchev–Trinajstić information content (AvgIpc) is 1.96. The Hall–Kier alpha value is -1.18. The highest BCUT2D eigenvalue weighted by Crippen LogP contribution is 2.09. The molecule has 0 radical (unpaired) electrons. The van der Waals surface area contributed by atoms with Crippen molar-refractivity contribution < 1.29 is 0 Å². The lowest BCUT2D eigenvalue weighted by Crippen LogP contribution is -2.08. The Morgan fingerprint density at radius 2 is 2.00 bits per heavy atom. The maximum absolute atomic E-state index is 4.13. The zero-order valence-corrected chi connectivity index (χ0v) is 7.78. The molecular weight excluding hydrogens is 148 g/mol. The van der Waals surface area contributed by atoms with Gasteiger partial charge in [-0.25, -0.2) is 0 Å². The van der Waals surface area contributed by atoms with Crippen molar-refractivity contribution in [2.45, 2.75) is 20.8 Å². The van der Waals surface area contributed by atoms with Gasteiger partial charge in [0, 0.05) is 6.21 Å². The van der Waals surface area contributed by atoms with E-state index >= 15 is 0 Å². The number of nitrogens with zero attached hydrogens (tertiary/aromatic N) is 2. The molecule has 0 aromatic rings. The average molecular weight is 162 g/mol. The lowest BCUT2D eigenvalue weighted by Gasteiger charge is -2.08. The molecule has 0 atom stereocenters. The minimum atomic E-state index is 0.435. The van der Waals surface area contributed by atoms with E-state index in [2.05, 4.69) is 37.1 Å². The maximum atomic E-state index is 4.13. The van der Waals surface area contributed by atoms with Crippen LogP contribution in [0.4, 0.5) is 0 Å². The van der Waals surface area contributed by atoms with Gasteiger partial charge in [0.2, 0.25) is 0 Å². The summed E-state index contributed by atoms with van der Waals surface area (Å²) in [6.07, 6.45) is 7.62. The van der Waals surface area contributed by atoms with E-state index in [0.717, 1.165) is 5.71 Å². The molecule has 0 aliphatic carbocycles. The van der Waals surface area contributed by atoms with E-state index in [0.29, 0.717) is 5.92 Å². The van der Waals surface area contributed by atoms with Crippen molar-refractivity contribution >= 4 is 11.9 Å². The van der Waals surface area contributed by atoms with Crippen molar-refractivity contribution in [1.82, 2.24) is 0 Å². The Labute approximate surface area is 73.4 Å². The first kappa shape index (κ1) is 8.91. The van der Waals surface area contributed by atoms with Crippen LogP contribution in [0.5, 0.6) is 0 Å². The maximum Gasteiger partial charge on any atom is 0.0684 e. The summed E-state index contributed by atoms with van der Waals surface area (Å²) in [6, 6.07) is 0. The summed E-state index contributed by atoms with van der Waals surface area (Å²) in [5.41, 5.74) is 2.26. The summed E-state index contributed by atoms with van der Waals surface area (Å²) < 4.78 is 0. The van der Waals surface area contributed by atoms with Crippen LogP contribution in [-0.4, -0.2) is 11.9 Å². The van der Waals surface area contributed by atoms with E-state index in [1.807, 2.05) is 12.2 Å². The molecule has 0 saturated heterocycles.